The molecule has 3 aromatic carbocycles. The van der Waals surface area contributed by atoms with Gasteiger partial charge < -0.3 is 15.0 Å². The highest BCUT2D eigenvalue weighted by Gasteiger charge is 2.40. The number of amides is 2. The van der Waals surface area contributed by atoms with E-state index in [1.54, 1.807) is 0 Å². The molecule has 2 amide bonds. The van der Waals surface area contributed by atoms with E-state index in [1.807, 2.05) is 94.4 Å². The number of carbonyl (C=O) groups excluding carboxylic acids is 3. The van der Waals surface area contributed by atoms with E-state index in [1.165, 1.54) is 24.2 Å². The molecule has 55 heavy (non-hydrogen) atoms. The number of fused-ring (bicyclic) bond motifs is 4. The molecule has 0 saturated heterocycles. The van der Waals surface area contributed by atoms with Crippen LogP contribution in [0.25, 0.3) is 21.3 Å². The van der Waals surface area contributed by atoms with Gasteiger partial charge in [0.2, 0.25) is 0 Å². The van der Waals surface area contributed by atoms with Crippen molar-refractivity contribution >= 4 is 50.3 Å². The molecule has 3 aliphatic rings. The third-order valence-electron chi connectivity index (χ3n) is 11.3. The van der Waals surface area contributed by atoms with Crippen LogP contribution in [-0.4, -0.2) is 45.4 Å². The zero-order chi connectivity index (χ0) is 37.6. The first-order chi connectivity index (χ1) is 26.0. The average molecular weight is 758 g/mol. The molecule has 9 nitrogen and oxygen atoms in total. The molecular weight excluding hydrogens is 707 g/mol. The molecule has 2 fully saturated rings. The Balaban J connectivity index is 0.00000465. The van der Waals surface area contributed by atoms with E-state index < -0.39 is 11.6 Å². The number of ether oxygens (including phenoxy) is 1. The quantitative estimate of drug-likeness (QED) is 0.159. The van der Waals surface area contributed by atoms with Crippen molar-refractivity contribution in [2.45, 2.75) is 104 Å². The van der Waals surface area contributed by atoms with Crippen molar-refractivity contribution in [3.8, 4) is 11.1 Å². The topological polar surface area (TPSA) is 114 Å². The molecule has 0 atom stereocenters. The number of pyridine rings is 1. The van der Waals surface area contributed by atoms with Crippen LogP contribution >= 0.6 is 11.3 Å². The second-order valence-corrected chi connectivity index (χ2v) is 17.2. The van der Waals surface area contributed by atoms with Gasteiger partial charge in [-0.25, -0.2) is 14.8 Å². The standard InChI is InChI=1S/C44H47N5O4S.CH4/c1-27-30(14-8-15-31(27)40(51)48-44-22-9-11-28(25-44)12-10-23-44)32-19-20-37(46-38(32)41(52)53-43(2,3)4)49-24-21-29-13-7-16-33(34(29)26-49)39(50)47-42-45-35-17-5-6-18-36(35)54-42;/h5-8,13-20,28H,9-12,21-26H2,1-4H3,(H,48,51)(H,45,47,50);1H4. The third-order valence-corrected chi connectivity index (χ3v) is 12.2. The molecule has 10 heteroatoms. The highest BCUT2D eigenvalue weighted by Crippen LogP contribution is 2.43. The normalized spacial score (nSPS) is 19.2. The van der Waals surface area contributed by atoms with Crippen molar-refractivity contribution in [1.29, 1.82) is 0 Å². The first-order valence-electron chi connectivity index (χ1n) is 19.1. The Kier molecular flexibility index (Phi) is 10.6. The number of thiazole rings is 1. The predicted octanol–water partition coefficient (Wildman–Crippen LogP) is 9.92. The number of esters is 1. The Morgan fingerprint density at radius 1 is 0.873 bits per heavy atom. The molecule has 5 aromatic rings. The smallest absolute Gasteiger partial charge is 0.358 e. The summed E-state index contributed by atoms with van der Waals surface area (Å²) in [5, 5.41) is 7.05. The van der Waals surface area contributed by atoms with E-state index in [9.17, 15) is 14.4 Å². The van der Waals surface area contributed by atoms with Gasteiger partial charge in [0.25, 0.3) is 11.8 Å². The molecule has 2 N–H and O–H groups in total. The second-order valence-electron chi connectivity index (χ2n) is 16.2. The van der Waals surface area contributed by atoms with Crippen LogP contribution in [0.3, 0.4) is 0 Å². The minimum Gasteiger partial charge on any atom is -0.455 e. The number of benzene rings is 3. The van der Waals surface area contributed by atoms with E-state index in [4.69, 9.17) is 9.72 Å². The Labute approximate surface area is 327 Å². The second kappa shape index (κ2) is 15.2. The molecule has 3 heterocycles. The van der Waals surface area contributed by atoms with Gasteiger partial charge in [0.05, 0.1) is 10.2 Å². The van der Waals surface area contributed by atoms with Gasteiger partial charge in [0.15, 0.2) is 10.8 Å². The highest BCUT2D eigenvalue weighted by atomic mass is 32.1. The third kappa shape index (κ3) is 7.87. The molecule has 0 spiro atoms. The van der Waals surface area contributed by atoms with Gasteiger partial charge >= 0.3 is 5.97 Å². The van der Waals surface area contributed by atoms with Crippen LogP contribution in [0.1, 0.15) is 121 Å². The first-order valence-corrected chi connectivity index (χ1v) is 20.0. The van der Waals surface area contributed by atoms with Crippen molar-refractivity contribution in [3.05, 3.63) is 106 Å². The van der Waals surface area contributed by atoms with Crippen LogP contribution < -0.4 is 15.5 Å². The molecule has 2 saturated carbocycles. The van der Waals surface area contributed by atoms with Gasteiger partial charge in [-0.05, 0) is 118 Å². The maximum atomic E-state index is 13.9. The minimum atomic E-state index is -0.741. The lowest BCUT2D eigenvalue weighted by Gasteiger charge is -2.45. The molecule has 286 valence electrons. The maximum absolute atomic E-state index is 13.9. The number of carbonyl (C=O) groups is 3. The Morgan fingerprint density at radius 2 is 1.62 bits per heavy atom. The first kappa shape index (κ1) is 38.2. The summed E-state index contributed by atoms with van der Waals surface area (Å²) in [7, 11) is 0. The largest absolute Gasteiger partial charge is 0.455 e. The summed E-state index contributed by atoms with van der Waals surface area (Å²) in [5.74, 6) is 0.507. The molecule has 2 aliphatic carbocycles. The minimum absolute atomic E-state index is 0. The van der Waals surface area contributed by atoms with E-state index in [2.05, 4.69) is 26.6 Å². The van der Waals surface area contributed by atoms with Gasteiger partial charge in [-0.15, -0.1) is 0 Å². The number of hydrogen-bond acceptors (Lipinski definition) is 8. The number of hydrogen-bond donors (Lipinski definition) is 2. The number of nitrogens with one attached hydrogen (secondary N) is 2. The van der Waals surface area contributed by atoms with Gasteiger partial charge in [0.1, 0.15) is 11.4 Å². The molecule has 2 bridgehead atoms. The predicted molar refractivity (Wildman–Crippen MR) is 221 cm³/mol. The van der Waals surface area contributed by atoms with Crippen LogP contribution in [0.4, 0.5) is 10.9 Å². The fourth-order valence-corrected chi connectivity index (χ4v) is 9.61. The summed E-state index contributed by atoms with van der Waals surface area (Å²) >= 11 is 1.45. The van der Waals surface area contributed by atoms with Crippen LogP contribution in [0.5, 0.6) is 0 Å². The lowest BCUT2D eigenvalue weighted by Crippen LogP contribution is -2.53. The summed E-state index contributed by atoms with van der Waals surface area (Å²) in [4.78, 5) is 53.3. The SMILES string of the molecule is C.Cc1c(C(=O)NC23CCCC(CCC2)C3)cccc1-c1ccc(N2CCc3cccc(C(=O)Nc4nc5ccccc5s4)c3C2)nc1C(=O)OC(C)(C)C. The zero-order valence-electron chi connectivity index (χ0n) is 31.5. The summed E-state index contributed by atoms with van der Waals surface area (Å²) in [5.41, 5.74) is 5.57. The van der Waals surface area contributed by atoms with Crippen LogP contribution in [-0.2, 0) is 17.7 Å². The van der Waals surface area contributed by atoms with Crippen LogP contribution in [0.2, 0.25) is 0 Å². The molecule has 0 radical (unpaired) electrons. The molecular formula is C45H51N5O4S. The summed E-state index contributed by atoms with van der Waals surface area (Å²) < 4.78 is 6.93. The van der Waals surface area contributed by atoms with Crippen LogP contribution in [0.15, 0.2) is 72.8 Å². The summed E-state index contributed by atoms with van der Waals surface area (Å²) in [6.07, 6.45) is 8.65. The van der Waals surface area contributed by atoms with Crippen molar-refractivity contribution in [3.63, 3.8) is 0 Å². The van der Waals surface area contributed by atoms with E-state index in [0.29, 0.717) is 53.1 Å². The van der Waals surface area contributed by atoms with Crippen molar-refractivity contribution in [2.75, 3.05) is 16.8 Å². The molecule has 8 rings (SSSR count). The average Bonchev–Trinajstić information content (AvgIpc) is 3.56. The Bertz CT molecular complexity index is 2230. The zero-order valence-corrected chi connectivity index (χ0v) is 32.3. The lowest BCUT2D eigenvalue weighted by atomic mass is 9.67. The summed E-state index contributed by atoms with van der Waals surface area (Å²) in [6.45, 7) is 8.57. The number of para-hydroxylation sites is 1. The maximum Gasteiger partial charge on any atom is 0.358 e. The monoisotopic (exact) mass is 757 g/mol. The van der Waals surface area contributed by atoms with E-state index in [0.717, 1.165) is 64.6 Å². The Morgan fingerprint density at radius 3 is 2.38 bits per heavy atom. The van der Waals surface area contributed by atoms with Gasteiger partial charge in [0, 0.05) is 35.3 Å². The van der Waals surface area contributed by atoms with Gasteiger partial charge in [-0.2, -0.15) is 0 Å². The molecule has 1 aliphatic heterocycles. The summed E-state index contributed by atoms with van der Waals surface area (Å²) in [6, 6.07) is 23.2. The molecule has 0 unspecified atom stereocenters. The van der Waals surface area contributed by atoms with E-state index in [-0.39, 0.29) is 30.5 Å². The highest BCUT2D eigenvalue weighted by molar-refractivity contribution is 7.22. The number of aromatic nitrogens is 2. The fraction of sp³-hybridized carbons (Fsp3) is 0.400. The molecule has 2 aromatic heterocycles. The van der Waals surface area contributed by atoms with Crippen molar-refractivity contribution < 1.29 is 19.1 Å². The Hall–Kier alpha value is -5.09. The number of rotatable bonds is 7. The van der Waals surface area contributed by atoms with E-state index >= 15 is 0 Å². The fourth-order valence-electron chi connectivity index (χ4n) is 8.75. The van der Waals surface area contributed by atoms with Crippen LogP contribution in [0, 0.1) is 12.8 Å². The van der Waals surface area contributed by atoms with Gasteiger partial charge in [-0.3, -0.25) is 14.9 Å². The lowest BCUT2D eigenvalue weighted by molar-refractivity contribution is 0.00636. The van der Waals surface area contributed by atoms with Crippen molar-refractivity contribution in [2.24, 2.45) is 5.92 Å². The van der Waals surface area contributed by atoms with Crippen molar-refractivity contribution in [1.82, 2.24) is 15.3 Å². The number of nitrogens with zero attached hydrogens (tertiary/aromatic N) is 3. The number of anilines is 2. The van der Waals surface area contributed by atoms with Gasteiger partial charge in [-0.1, -0.05) is 80.8 Å².